The van der Waals surface area contributed by atoms with Crippen LogP contribution in [0.2, 0.25) is 0 Å². The van der Waals surface area contributed by atoms with Gasteiger partial charge in [0.15, 0.2) is 5.78 Å². The van der Waals surface area contributed by atoms with Gasteiger partial charge in [0.1, 0.15) is 0 Å². The SMILES string of the molecule is COC(=O)CC[C@@H]1NS(=O)(=O)[C@H]2C=CC(=O)C[C@@H]2C1(C)C. The van der Waals surface area contributed by atoms with Crippen molar-refractivity contribution in [3.8, 4) is 0 Å². The van der Waals surface area contributed by atoms with Crippen LogP contribution in [-0.4, -0.2) is 38.6 Å². The highest BCUT2D eigenvalue weighted by atomic mass is 32.2. The zero-order chi connectivity index (χ0) is 15.8. The second kappa shape index (κ2) is 5.53. The second-order valence-corrected chi connectivity index (χ2v) is 8.12. The Balaban J connectivity index is 2.27. The molecule has 0 radical (unpaired) electrons. The maximum atomic E-state index is 12.3. The summed E-state index contributed by atoms with van der Waals surface area (Å²) in [6.07, 6.45) is 3.57. The van der Waals surface area contributed by atoms with Crippen LogP contribution < -0.4 is 4.72 Å². The quantitative estimate of drug-likeness (QED) is 0.777. The molecule has 1 aliphatic carbocycles. The van der Waals surface area contributed by atoms with E-state index >= 15 is 0 Å². The molecule has 118 valence electrons. The molecule has 1 aliphatic heterocycles. The van der Waals surface area contributed by atoms with Crippen molar-refractivity contribution >= 4 is 21.8 Å². The molecule has 2 rings (SSSR count). The third kappa shape index (κ3) is 3.03. The molecule has 0 saturated carbocycles. The minimum Gasteiger partial charge on any atom is -0.469 e. The van der Waals surface area contributed by atoms with Crippen molar-refractivity contribution in [2.45, 2.75) is 44.4 Å². The van der Waals surface area contributed by atoms with Gasteiger partial charge in [-0.05, 0) is 23.8 Å². The summed E-state index contributed by atoms with van der Waals surface area (Å²) in [5.74, 6) is -0.691. The fourth-order valence-corrected chi connectivity index (χ4v) is 5.37. The monoisotopic (exact) mass is 315 g/mol. The maximum Gasteiger partial charge on any atom is 0.305 e. The molecule has 0 aromatic heterocycles. The van der Waals surface area contributed by atoms with Gasteiger partial charge in [0.2, 0.25) is 10.0 Å². The van der Waals surface area contributed by atoms with Gasteiger partial charge in [-0.25, -0.2) is 13.1 Å². The van der Waals surface area contributed by atoms with Crippen molar-refractivity contribution in [3.05, 3.63) is 12.2 Å². The molecule has 2 aliphatic rings. The summed E-state index contributed by atoms with van der Waals surface area (Å²) < 4.78 is 32.0. The smallest absolute Gasteiger partial charge is 0.305 e. The number of hydrogen-bond donors (Lipinski definition) is 1. The van der Waals surface area contributed by atoms with Gasteiger partial charge in [-0.1, -0.05) is 19.9 Å². The summed E-state index contributed by atoms with van der Waals surface area (Å²) in [6.45, 7) is 3.89. The number of rotatable bonds is 3. The van der Waals surface area contributed by atoms with E-state index in [1.54, 1.807) is 0 Å². The minimum absolute atomic E-state index is 0.0480. The van der Waals surface area contributed by atoms with Crippen LogP contribution in [0.25, 0.3) is 0 Å². The van der Waals surface area contributed by atoms with E-state index in [-0.39, 0.29) is 36.6 Å². The highest BCUT2D eigenvalue weighted by molar-refractivity contribution is 7.90. The molecule has 3 atom stereocenters. The molecular formula is C14H21NO5S. The van der Waals surface area contributed by atoms with Crippen molar-refractivity contribution in [1.29, 1.82) is 0 Å². The molecule has 21 heavy (non-hydrogen) atoms. The van der Waals surface area contributed by atoms with E-state index in [1.807, 2.05) is 13.8 Å². The van der Waals surface area contributed by atoms with Crippen LogP contribution in [0.4, 0.5) is 0 Å². The predicted molar refractivity (Wildman–Crippen MR) is 76.9 cm³/mol. The Morgan fingerprint density at radius 2 is 2.14 bits per heavy atom. The topological polar surface area (TPSA) is 89.5 Å². The number of ketones is 1. The molecule has 0 unspecified atom stereocenters. The zero-order valence-electron chi connectivity index (χ0n) is 12.5. The number of ether oxygens (including phenoxy) is 1. The van der Waals surface area contributed by atoms with Gasteiger partial charge >= 0.3 is 5.97 Å². The summed E-state index contributed by atoms with van der Waals surface area (Å²) >= 11 is 0. The lowest BCUT2D eigenvalue weighted by atomic mass is 9.67. The van der Waals surface area contributed by atoms with E-state index in [9.17, 15) is 18.0 Å². The summed E-state index contributed by atoms with van der Waals surface area (Å²) in [6, 6.07) is -0.387. The number of nitrogens with one attached hydrogen (secondary N) is 1. The summed E-state index contributed by atoms with van der Waals surface area (Å²) in [4.78, 5) is 23.0. The van der Waals surface area contributed by atoms with Gasteiger partial charge in [-0.3, -0.25) is 9.59 Å². The Kier molecular flexibility index (Phi) is 4.26. The predicted octanol–water partition coefficient (Wildman–Crippen LogP) is 0.781. The first-order valence-electron chi connectivity index (χ1n) is 6.97. The van der Waals surface area contributed by atoms with E-state index in [0.29, 0.717) is 6.42 Å². The molecular weight excluding hydrogens is 294 g/mol. The second-order valence-electron chi connectivity index (χ2n) is 6.25. The molecule has 0 aromatic rings. The molecule has 0 bridgehead atoms. The Hall–Kier alpha value is -1.21. The number of carbonyl (C=O) groups is 2. The van der Waals surface area contributed by atoms with Crippen molar-refractivity contribution in [2.24, 2.45) is 11.3 Å². The Morgan fingerprint density at radius 1 is 1.48 bits per heavy atom. The number of carbonyl (C=O) groups excluding carboxylic acids is 2. The van der Waals surface area contributed by atoms with Crippen molar-refractivity contribution in [2.75, 3.05) is 7.11 Å². The third-order valence-corrected chi connectivity index (χ3v) is 6.49. The molecule has 1 saturated heterocycles. The average Bonchev–Trinajstić information content (AvgIpc) is 2.41. The van der Waals surface area contributed by atoms with E-state index in [4.69, 9.17) is 0 Å². The maximum absolute atomic E-state index is 12.3. The first-order valence-corrected chi connectivity index (χ1v) is 8.52. The van der Waals surface area contributed by atoms with E-state index in [0.717, 1.165) is 0 Å². The lowest BCUT2D eigenvalue weighted by Crippen LogP contribution is -2.61. The van der Waals surface area contributed by atoms with E-state index in [1.165, 1.54) is 19.3 Å². The van der Waals surface area contributed by atoms with Crippen LogP contribution >= 0.6 is 0 Å². The normalized spacial score (nSPS) is 33.3. The lowest BCUT2D eigenvalue weighted by Gasteiger charge is -2.49. The third-order valence-electron chi connectivity index (χ3n) is 4.67. The Morgan fingerprint density at radius 3 is 2.76 bits per heavy atom. The Bertz CT molecular complexity index is 578. The zero-order valence-corrected chi connectivity index (χ0v) is 13.3. The Labute approximate surface area is 125 Å². The average molecular weight is 315 g/mol. The van der Waals surface area contributed by atoms with Crippen molar-refractivity contribution in [3.63, 3.8) is 0 Å². The summed E-state index contributed by atoms with van der Waals surface area (Å²) in [5.41, 5.74) is -0.412. The summed E-state index contributed by atoms with van der Waals surface area (Å²) in [5, 5.41) is -0.681. The fraction of sp³-hybridized carbons (Fsp3) is 0.714. The molecule has 7 heteroatoms. The first kappa shape index (κ1) is 16.2. The molecule has 0 spiro atoms. The number of esters is 1. The van der Waals surface area contributed by atoms with Crippen LogP contribution in [0.5, 0.6) is 0 Å². The van der Waals surface area contributed by atoms with Crippen LogP contribution in [0, 0.1) is 11.3 Å². The number of fused-ring (bicyclic) bond motifs is 1. The van der Waals surface area contributed by atoms with Gasteiger partial charge in [0.25, 0.3) is 0 Å². The van der Waals surface area contributed by atoms with Crippen LogP contribution in [0.15, 0.2) is 12.2 Å². The van der Waals surface area contributed by atoms with E-state index < -0.39 is 20.7 Å². The minimum atomic E-state index is -3.52. The fourth-order valence-electron chi connectivity index (χ4n) is 3.23. The largest absolute Gasteiger partial charge is 0.469 e. The molecule has 6 nitrogen and oxygen atoms in total. The number of methoxy groups -OCH3 is 1. The highest BCUT2D eigenvalue weighted by Gasteiger charge is 2.52. The molecule has 0 amide bonds. The number of hydrogen-bond acceptors (Lipinski definition) is 5. The van der Waals surface area contributed by atoms with Crippen LogP contribution in [0.1, 0.15) is 33.1 Å². The molecule has 1 fully saturated rings. The van der Waals surface area contributed by atoms with Gasteiger partial charge in [-0.15, -0.1) is 0 Å². The first-order chi connectivity index (χ1) is 9.68. The van der Waals surface area contributed by atoms with Crippen molar-refractivity contribution in [1.82, 2.24) is 4.72 Å². The molecule has 1 N–H and O–H groups in total. The van der Waals surface area contributed by atoms with Crippen LogP contribution in [-0.2, 0) is 24.3 Å². The standard InChI is InChI=1S/C14H21NO5S/c1-14(2)10-8-9(16)4-5-11(10)21(18,19)15-12(14)6-7-13(17)20-3/h4-5,10-12,15H,6-8H2,1-3H3/t10-,11-,12-/m0/s1. The van der Waals surface area contributed by atoms with Gasteiger partial charge in [0, 0.05) is 18.9 Å². The van der Waals surface area contributed by atoms with Crippen LogP contribution in [0.3, 0.4) is 0 Å². The number of sulfonamides is 1. The molecule has 1 heterocycles. The van der Waals surface area contributed by atoms with Gasteiger partial charge < -0.3 is 4.74 Å². The number of allylic oxidation sites excluding steroid dienone is 1. The van der Waals surface area contributed by atoms with Gasteiger partial charge in [0.05, 0.1) is 12.4 Å². The molecule has 0 aromatic carbocycles. The van der Waals surface area contributed by atoms with E-state index in [2.05, 4.69) is 9.46 Å². The highest BCUT2D eigenvalue weighted by Crippen LogP contribution is 2.45. The van der Waals surface area contributed by atoms with Crippen molar-refractivity contribution < 1.29 is 22.7 Å². The summed E-state index contributed by atoms with van der Waals surface area (Å²) in [7, 11) is -2.22. The van der Waals surface area contributed by atoms with Gasteiger partial charge in [-0.2, -0.15) is 0 Å². The lowest BCUT2D eigenvalue weighted by molar-refractivity contribution is -0.141.